The molecule has 0 aromatic heterocycles. The second-order valence-corrected chi connectivity index (χ2v) is 2.90. The topological polar surface area (TPSA) is 27.6 Å². The molecule has 0 heterocycles. The van der Waals surface area contributed by atoms with Crippen LogP contribution < -0.4 is 5.32 Å². The molecule has 7 heteroatoms. The molecule has 0 radical (unpaired) electrons. The van der Waals surface area contributed by atoms with Crippen LogP contribution in [0.4, 0.5) is 17.6 Å². The lowest BCUT2D eigenvalue weighted by atomic mass is 10.4. The summed E-state index contributed by atoms with van der Waals surface area (Å²) < 4.78 is 50.7. The van der Waals surface area contributed by atoms with Crippen molar-refractivity contribution in [2.24, 2.45) is 4.99 Å². The third-order valence-corrected chi connectivity index (χ3v) is 1.87. The third kappa shape index (κ3) is 3.50. The van der Waals surface area contributed by atoms with Gasteiger partial charge in [0.15, 0.2) is 0 Å². The number of alkyl halides is 4. The molecule has 0 aromatic carbocycles. The molecule has 88 valence electrons. The quantitative estimate of drug-likeness (QED) is 0.262. The molecule has 0 spiro atoms. The molecule has 0 aliphatic rings. The first kappa shape index (κ1) is 13.9. The van der Waals surface area contributed by atoms with E-state index in [0.29, 0.717) is 11.1 Å². The fourth-order valence-electron chi connectivity index (χ4n) is 0.803. The Morgan fingerprint density at radius 1 is 1.40 bits per heavy atom. The fraction of sp³-hybridized carbons (Fsp3) is 0.625. The lowest BCUT2D eigenvalue weighted by Gasteiger charge is -2.33. The largest absolute Gasteiger partial charge is 0.449 e. The van der Waals surface area contributed by atoms with E-state index >= 15 is 0 Å². The zero-order chi connectivity index (χ0) is 12.3. The van der Waals surface area contributed by atoms with Gasteiger partial charge in [0.25, 0.3) is 0 Å². The molecular weight excluding hydrogens is 214 g/mol. The number of hydrogen-bond acceptors (Lipinski definition) is 2. The highest BCUT2D eigenvalue weighted by Crippen LogP contribution is 2.24. The summed E-state index contributed by atoms with van der Waals surface area (Å²) >= 11 is 0. The van der Waals surface area contributed by atoms with Crippen molar-refractivity contribution in [3.05, 3.63) is 12.8 Å². The molecule has 1 atom stereocenters. The van der Waals surface area contributed by atoms with Gasteiger partial charge in [-0.05, 0) is 7.05 Å². The van der Waals surface area contributed by atoms with E-state index in [1.54, 1.807) is 0 Å². The van der Waals surface area contributed by atoms with Gasteiger partial charge in [-0.1, -0.05) is 6.58 Å². The van der Waals surface area contributed by atoms with Crippen LogP contribution in [0.3, 0.4) is 0 Å². The van der Waals surface area contributed by atoms with Crippen molar-refractivity contribution in [2.75, 3.05) is 14.1 Å². The Kier molecular flexibility index (Phi) is 4.27. The molecule has 0 amide bonds. The van der Waals surface area contributed by atoms with Gasteiger partial charge < -0.3 is 4.90 Å². The Bertz CT molecular complexity index is 257. The van der Waals surface area contributed by atoms with Crippen molar-refractivity contribution in [2.45, 2.75) is 19.0 Å². The molecule has 1 unspecified atom stereocenters. The fourth-order valence-corrected chi connectivity index (χ4v) is 0.803. The average molecular weight is 227 g/mol. The maximum Gasteiger partial charge on any atom is 0.449 e. The van der Waals surface area contributed by atoms with Gasteiger partial charge in [0.1, 0.15) is 0 Å². The number of nitrogens with one attached hydrogen (secondary N) is 1. The Morgan fingerprint density at radius 3 is 2.13 bits per heavy atom. The molecule has 0 bridgehead atoms. The van der Waals surface area contributed by atoms with E-state index in [1.807, 2.05) is 0 Å². The van der Waals surface area contributed by atoms with Crippen LogP contribution in [0.2, 0.25) is 0 Å². The first-order valence-corrected chi connectivity index (χ1v) is 4.04. The van der Waals surface area contributed by atoms with Crippen LogP contribution in [-0.4, -0.2) is 36.9 Å². The predicted molar refractivity (Wildman–Crippen MR) is 50.0 cm³/mol. The minimum atomic E-state index is -4.73. The number of aliphatic imine (C=N–C) groups is 1. The number of amidine groups is 1. The summed E-state index contributed by atoms with van der Waals surface area (Å²) in [6.45, 7) is 4.00. The number of hydrogen-bond donors (Lipinski definition) is 1. The summed E-state index contributed by atoms with van der Waals surface area (Å²) in [5, 5.41) is 2.10. The molecule has 3 nitrogen and oxygen atoms in total. The minimum Gasteiger partial charge on any atom is -0.311 e. The average Bonchev–Trinajstić information content (AvgIpc) is 2.11. The molecule has 1 N–H and O–H groups in total. The molecule has 0 saturated carbocycles. The Labute approximate surface area is 85.5 Å². The summed E-state index contributed by atoms with van der Waals surface area (Å²) in [6.07, 6.45) is -4.02. The van der Waals surface area contributed by atoms with Crippen LogP contribution in [0.15, 0.2) is 17.8 Å². The lowest BCUT2D eigenvalue weighted by Crippen LogP contribution is -2.56. The Morgan fingerprint density at radius 2 is 1.87 bits per heavy atom. The number of rotatable bonds is 3. The first-order valence-electron chi connectivity index (χ1n) is 4.04. The van der Waals surface area contributed by atoms with Gasteiger partial charge in [0.2, 0.25) is 11.8 Å². The zero-order valence-electron chi connectivity index (χ0n) is 8.69. The number of halogens is 4. The van der Waals surface area contributed by atoms with Crippen LogP contribution in [0.5, 0.6) is 0 Å². The van der Waals surface area contributed by atoms with E-state index in [4.69, 9.17) is 0 Å². The summed E-state index contributed by atoms with van der Waals surface area (Å²) in [5.41, 5.74) is 0. The van der Waals surface area contributed by atoms with E-state index in [2.05, 4.69) is 16.9 Å². The monoisotopic (exact) mass is 227 g/mol. The van der Waals surface area contributed by atoms with Crippen molar-refractivity contribution in [3.8, 4) is 0 Å². The van der Waals surface area contributed by atoms with Crippen LogP contribution >= 0.6 is 0 Å². The molecule has 0 aliphatic carbocycles. The van der Waals surface area contributed by atoms with Crippen molar-refractivity contribution < 1.29 is 17.6 Å². The van der Waals surface area contributed by atoms with E-state index in [9.17, 15) is 17.6 Å². The molecule has 0 fully saturated rings. The SMILES string of the molecule is C=CN=C(N(C)C(C)(F)NC)C(F)(F)F. The van der Waals surface area contributed by atoms with Gasteiger partial charge in [-0.2, -0.15) is 13.2 Å². The smallest absolute Gasteiger partial charge is 0.311 e. The van der Waals surface area contributed by atoms with Crippen LogP contribution in [-0.2, 0) is 0 Å². The molecule has 0 aromatic rings. The van der Waals surface area contributed by atoms with E-state index < -0.39 is 17.9 Å². The molecule has 0 aliphatic heterocycles. The van der Waals surface area contributed by atoms with Crippen molar-refractivity contribution in [1.29, 1.82) is 0 Å². The highest BCUT2D eigenvalue weighted by atomic mass is 19.4. The second kappa shape index (κ2) is 4.61. The minimum absolute atomic E-state index is 0.356. The molecule has 15 heavy (non-hydrogen) atoms. The van der Waals surface area contributed by atoms with Crippen LogP contribution in [0.1, 0.15) is 6.92 Å². The molecule has 0 rings (SSSR count). The number of nitrogens with zero attached hydrogens (tertiary/aromatic N) is 2. The summed E-state index contributed by atoms with van der Waals surface area (Å²) in [5.74, 6) is -3.69. The summed E-state index contributed by atoms with van der Waals surface area (Å²) in [6, 6.07) is 0. The van der Waals surface area contributed by atoms with Gasteiger partial charge in [-0.25, -0.2) is 9.38 Å². The van der Waals surface area contributed by atoms with Gasteiger partial charge >= 0.3 is 6.18 Å². The maximum absolute atomic E-state index is 13.5. The van der Waals surface area contributed by atoms with Gasteiger partial charge in [0, 0.05) is 20.2 Å². The predicted octanol–water partition coefficient (Wildman–Crippen LogP) is 1.89. The van der Waals surface area contributed by atoms with E-state index in [0.717, 1.165) is 14.0 Å². The van der Waals surface area contributed by atoms with Gasteiger partial charge in [0.05, 0.1) is 0 Å². The normalized spacial score (nSPS) is 17.1. The van der Waals surface area contributed by atoms with Crippen LogP contribution in [0.25, 0.3) is 0 Å². The van der Waals surface area contributed by atoms with Crippen LogP contribution in [0, 0.1) is 0 Å². The standard InChI is InChI=1S/C8H13F4N3/c1-5-14-6(8(10,11)12)15(4)7(2,9)13-3/h5,13H,1H2,2-4H3. The molecular formula is C8H13F4N3. The highest BCUT2D eigenvalue weighted by Gasteiger charge is 2.44. The van der Waals surface area contributed by atoms with Gasteiger partial charge in [-0.3, -0.25) is 5.32 Å². The third-order valence-electron chi connectivity index (χ3n) is 1.87. The summed E-state index contributed by atoms with van der Waals surface area (Å²) in [4.78, 5) is 3.37. The van der Waals surface area contributed by atoms with E-state index in [-0.39, 0.29) is 0 Å². The Balaban J connectivity index is 5.14. The maximum atomic E-state index is 13.5. The van der Waals surface area contributed by atoms with Crippen molar-refractivity contribution in [3.63, 3.8) is 0 Å². The highest BCUT2D eigenvalue weighted by molar-refractivity contribution is 5.88. The van der Waals surface area contributed by atoms with Crippen molar-refractivity contribution >= 4 is 5.84 Å². The second-order valence-electron chi connectivity index (χ2n) is 2.90. The van der Waals surface area contributed by atoms with Gasteiger partial charge in [-0.15, -0.1) is 0 Å². The Hall–Kier alpha value is -1.11. The summed E-state index contributed by atoms with van der Waals surface area (Å²) in [7, 11) is 2.16. The molecule has 0 saturated heterocycles. The zero-order valence-corrected chi connectivity index (χ0v) is 8.69. The lowest BCUT2D eigenvalue weighted by molar-refractivity contribution is -0.0844. The first-order chi connectivity index (χ1) is 6.66. The van der Waals surface area contributed by atoms with E-state index in [1.165, 1.54) is 7.05 Å². The van der Waals surface area contributed by atoms with Crippen molar-refractivity contribution in [1.82, 2.24) is 10.2 Å².